The summed E-state index contributed by atoms with van der Waals surface area (Å²) in [5.41, 5.74) is 2.18. The van der Waals surface area contributed by atoms with Gasteiger partial charge >= 0.3 is 26.2 Å². The van der Waals surface area contributed by atoms with E-state index in [0.717, 1.165) is 40.7 Å². The monoisotopic (exact) mass is 416 g/mol. The van der Waals surface area contributed by atoms with Gasteiger partial charge in [0.2, 0.25) is 0 Å². The van der Waals surface area contributed by atoms with Gasteiger partial charge in [0, 0.05) is 0 Å². The molecule has 0 aliphatic heterocycles. The molecule has 6 atom stereocenters. The van der Waals surface area contributed by atoms with Crippen LogP contribution in [-0.2, 0) is 26.2 Å². The molecule has 23 heavy (non-hydrogen) atoms. The summed E-state index contributed by atoms with van der Waals surface area (Å²) in [4.78, 5) is 0. The summed E-state index contributed by atoms with van der Waals surface area (Å²) in [7, 11) is -1.09. The third-order valence-corrected chi connectivity index (χ3v) is 12.6. The van der Waals surface area contributed by atoms with Gasteiger partial charge in [0.15, 0.2) is 0 Å². The Morgan fingerprint density at radius 1 is 0.652 bits per heavy atom. The molecule has 0 spiro atoms. The van der Waals surface area contributed by atoms with Gasteiger partial charge in [-0.2, -0.15) is 0 Å². The van der Waals surface area contributed by atoms with Crippen molar-refractivity contribution in [2.75, 3.05) is 0 Å². The van der Waals surface area contributed by atoms with E-state index in [0.29, 0.717) is 0 Å². The molecule has 2 saturated carbocycles. The smallest absolute Gasteiger partial charge is 0.358 e. The van der Waals surface area contributed by atoms with Crippen molar-refractivity contribution in [3.8, 4) is 0 Å². The van der Waals surface area contributed by atoms with Crippen LogP contribution in [0.15, 0.2) is 0 Å². The van der Waals surface area contributed by atoms with Crippen LogP contribution in [0.4, 0.5) is 0 Å². The van der Waals surface area contributed by atoms with Crippen LogP contribution in [0.5, 0.6) is 0 Å². The molecule has 0 bridgehead atoms. The topological polar surface area (TPSA) is 0 Å². The van der Waals surface area contributed by atoms with Gasteiger partial charge in [-0.3, -0.25) is 0 Å². The summed E-state index contributed by atoms with van der Waals surface area (Å²) in [5, 5.41) is 0. The minimum Gasteiger partial charge on any atom is -0.358 e. The zero-order chi connectivity index (χ0) is 13.7. The van der Waals surface area contributed by atoms with Crippen molar-refractivity contribution < 1.29 is 26.2 Å². The van der Waals surface area contributed by atoms with E-state index >= 15 is 0 Å². The van der Waals surface area contributed by atoms with E-state index in [1.807, 2.05) is 0 Å². The summed E-state index contributed by atoms with van der Waals surface area (Å²) >= 11 is 0. The fraction of sp³-hybridized carbons (Fsp3) is 0.810. The molecule has 138 valence electrons. The molecule has 0 nitrogen and oxygen atoms in total. The van der Waals surface area contributed by atoms with Crippen LogP contribution in [0, 0.1) is 59.3 Å². The van der Waals surface area contributed by atoms with Crippen molar-refractivity contribution in [3.63, 3.8) is 0 Å². The van der Waals surface area contributed by atoms with Gasteiger partial charge in [-0.05, 0) is 40.7 Å². The number of hydrogen-bond acceptors (Lipinski definition) is 0. The molecule has 2 fully saturated rings. The Balaban J connectivity index is -0.000000361. The third-order valence-electron chi connectivity index (χ3n) is 7.23. The second kappa shape index (κ2) is 11.7. The third kappa shape index (κ3) is 5.80. The standard InChI is InChI=1S/C17H34Si.4CH3.Zr/c1-11-8-9-16(10-11)18(6,7)17-14(4)12(2)13(3)15(17)5;;;;;/h11-17H,8-10H2,1-7H3;4*1H3;/q;4*-1;+4. The van der Waals surface area contributed by atoms with Crippen LogP contribution in [0.2, 0.25) is 24.2 Å². The van der Waals surface area contributed by atoms with Crippen molar-refractivity contribution in [1.82, 2.24) is 0 Å². The van der Waals surface area contributed by atoms with E-state index in [9.17, 15) is 0 Å². The second-order valence-electron chi connectivity index (χ2n) is 8.40. The number of hydrogen-bond donors (Lipinski definition) is 0. The van der Waals surface area contributed by atoms with E-state index in [2.05, 4.69) is 47.7 Å². The molecule has 0 radical (unpaired) electrons. The molecule has 2 heteroatoms. The van der Waals surface area contributed by atoms with E-state index in [1.54, 1.807) is 6.42 Å². The van der Waals surface area contributed by atoms with Crippen LogP contribution < -0.4 is 0 Å². The first-order valence-corrected chi connectivity index (χ1v) is 11.4. The van der Waals surface area contributed by atoms with Crippen LogP contribution in [0.25, 0.3) is 0 Å². The Kier molecular flexibility index (Phi) is 16.1. The van der Waals surface area contributed by atoms with Crippen molar-refractivity contribution >= 4 is 8.07 Å². The Morgan fingerprint density at radius 2 is 1.04 bits per heavy atom. The largest absolute Gasteiger partial charge is 4.00 e. The molecule has 2 aliphatic carbocycles. The zero-order valence-corrected chi connectivity index (χ0v) is 21.6. The van der Waals surface area contributed by atoms with Crippen molar-refractivity contribution in [2.24, 2.45) is 29.6 Å². The molecule has 2 aliphatic rings. The number of rotatable bonds is 2. The van der Waals surface area contributed by atoms with Crippen LogP contribution >= 0.6 is 0 Å². The predicted octanol–water partition coefficient (Wildman–Crippen LogP) is 7.61. The van der Waals surface area contributed by atoms with Gasteiger partial charge in [-0.1, -0.05) is 67.0 Å². The van der Waals surface area contributed by atoms with Gasteiger partial charge in [-0.25, -0.2) is 0 Å². The summed E-state index contributed by atoms with van der Waals surface area (Å²) in [6, 6.07) is 0. The van der Waals surface area contributed by atoms with Crippen LogP contribution in [-0.4, -0.2) is 8.07 Å². The van der Waals surface area contributed by atoms with E-state index in [4.69, 9.17) is 0 Å². The van der Waals surface area contributed by atoms with Crippen LogP contribution in [0.1, 0.15) is 53.9 Å². The Bertz CT molecular complexity index is 288. The normalized spacial score (nSPS) is 39.0. The van der Waals surface area contributed by atoms with E-state index in [-0.39, 0.29) is 55.9 Å². The average Bonchev–Trinajstić information content (AvgIpc) is 2.80. The van der Waals surface area contributed by atoms with Gasteiger partial charge in [0.1, 0.15) is 0 Å². The summed E-state index contributed by atoms with van der Waals surface area (Å²) < 4.78 is 0. The summed E-state index contributed by atoms with van der Waals surface area (Å²) in [5.74, 6) is 4.81. The van der Waals surface area contributed by atoms with Crippen LogP contribution in [0.3, 0.4) is 0 Å². The van der Waals surface area contributed by atoms with E-state index in [1.165, 1.54) is 12.8 Å². The molecule has 6 unspecified atom stereocenters. The first-order chi connectivity index (χ1) is 8.26. The second-order valence-corrected chi connectivity index (χ2v) is 13.5. The quantitative estimate of drug-likeness (QED) is 0.320. The van der Waals surface area contributed by atoms with Gasteiger partial charge < -0.3 is 29.7 Å². The molecular weight excluding hydrogens is 372 g/mol. The van der Waals surface area contributed by atoms with Gasteiger partial charge in [0.05, 0.1) is 8.07 Å². The minimum atomic E-state index is -1.09. The van der Waals surface area contributed by atoms with Gasteiger partial charge in [0.25, 0.3) is 0 Å². The minimum absolute atomic E-state index is 0. The molecule has 0 aromatic rings. The van der Waals surface area contributed by atoms with Crippen molar-refractivity contribution in [1.29, 1.82) is 0 Å². The molecule has 0 aromatic carbocycles. The molecule has 0 saturated heterocycles. The average molecular weight is 418 g/mol. The Hall–Kier alpha value is 1.10. The maximum absolute atomic E-state index is 2.72. The fourth-order valence-corrected chi connectivity index (χ4v) is 11.4. The van der Waals surface area contributed by atoms with E-state index < -0.39 is 8.07 Å². The molecular formula is C21H46SiZr. The van der Waals surface area contributed by atoms with Crippen molar-refractivity contribution in [2.45, 2.75) is 78.1 Å². The zero-order valence-electron chi connectivity index (χ0n) is 18.2. The summed E-state index contributed by atoms with van der Waals surface area (Å²) in [6.45, 7) is 18.0. The molecule has 0 amide bonds. The maximum Gasteiger partial charge on any atom is 4.00 e. The van der Waals surface area contributed by atoms with Gasteiger partial charge in [-0.15, -0.1) is 0 Å². The first kappa shape index (κ1) is 31.8. The molecule has 0 aromatic heterocycles. The predicted molar refractivity (Wildman–Crippen MR) is 110 cm³/mol. The fourth-order valence-electron chi connectivity index (χ4n) is 5.60. The molecule has 0 N–H and O–H groups in total. The molecule has 0 heterocycles. The molecule has 2 rings (SSSR count). The summed E-state index contributed by atoms with van der Waals surface area (Å²) in [6.07, 6.45) is 4.58. The maximum atomic E-state index is 2.72. The Morgan fingerprint density at radius 3 is 1.35 bits per heavy atom. The van der Waals surface area contributed by atoms with Crippen molar-refractivity contribution in [3.05, 3.63) is 29.7 Å². The Labute approximate surface area is 171 Å². The SMILES string of the molecule is CC1CCC([Si](C)(C)C2C(C)C(C)C(C)C2C)C1.[CH3-].[CH3-].[CH3-].[CH3-].[Zr+4]. The first-order valence-electron chi connectivity index (χ1n) is 8.26.